The highest BCUT2D eigenvalue weighted by Gasteiger charge is 2.24. The molecule has 6 heteroatoms. The van der Waals surface area contributed by atoms with Crippen LogP contribution in [0.3, 0.4) is 0 Å². The van der Waals surface area contributed by atoms with Crippen LogP contribution in [0, 0.1) is 0 Å². The van der Waals surface area contributed by atoms with E-state index in [0.29, 0.717) is 24.8 Å². The number of aromatic nitrogens is 2. The minimum Gasteiger partial charge on any atom is -0.380 e. The third kappa shape index (κ3) is 3.47. The summed E-state index contributed by atoms with van der Waals surface area (Å²) in [6.07, 6.45) is 3.60. The molecule has 3 heterocycles. The monoisotopic (exact) mass is 313 g/mol. The Kier molecular flexibility index (Phi) is 4.50. The molecule has 0 radical (unpaired) electrons. The number of aromatic amines is 1. The molecule has 0 bridgehead atoms. The molecule has 0 unspecified atom stereocenters. The first-order valence-electron chi connectivity index (χ1n) is 8.04. The zero-order valence-corrected chi connectivity index (χ0v) is 13.6. The van der Waals surface area contributed by atoms with E-state index in [1.165, 1.54) is 0 Å². The Balaban J connectivity index is 1.66. The zero-order valence-electron chi connectivity index (χ0n) is 13.6. The first-order chi connectivity index (χ1) is 11.1. The molecule has 1 aliphatic rings. The fraction of sp³-hybridized carbons (Fsp3) is 0.412. The minimum absolute atomic E-state index is 0.0659. The summed E-state index contributed by atoms with van der Waals surface area (Å²) in [5.41, 5.74) is 1.70. The number of hydrogen-bond acceptors (Lipinski definition) is 4. The standard InChI is InChI=1S/C17H23N5O/c1-13(2)20-14-5-3-8-19-16(14)21-9-11-22(12-10-21)17(23)15-6-4-7-18-15/h3-8,13,18,20H,9-12H2,1-2H3. The van der Waals surface area contributed by atoms with E-state index in [2.05, 4.69) is 40.1 Å². The molecule has 0 atom stereocenters. The van der Waals surface area contributed by atoms with E-state index < -0.39 is 0 Å². The number of pyridine rings is 1. The smallest absolute Gasteiger partial charge is 0.270 e. The van der Waals surface area contributed by atoms with Crippen LogP contribution in [0.1, 0.15) is 24.3 Å². The quantitative estimate of drug-likeness (QED) is 0.908. The molecule has 2 aromatic rings. The number of hydrogen-bond donors (Lipinski definition) is 2. The van der Waals surface area contributed by atoms with Gasteiger partial charge < -0.3 is 20.1 Å². The molecule has 1 aliphatic heterocycles. The lowest BCUT2D eigenvalue weighted by Gasteiger charge is -2.36. The van der Waals surface area contributed by atoms with E-state index in [1.54, 1.807) is 6.20 Å². The minimum atomic E-state index is 0.0659. The van der Waals surface area contributed by atoms with Crippen molar-refractivity contribution in [2.75, 3.05) is 36.4 Å². The number of nitrogens with zero attached hydrogens (tertiary/aromatic N) is 3. The Morgan fingerprint density at radius 2 is 2.00 bits per heavy atom. The molecule has 1 fully saturated rings. The van der Waals surface area contributed by atoms with Crippen molar-refractivity contribution in [2.45, 2.75) is 19.9 Å². The van der Waals surface area contributed by atoms with Crippen molar-refractivity contribution < 1.29 is 4.79 Å². The summed E-state index contributed by atoms with van der Waals surface area (Å²) in [7, 11) is 0. The van der Waals surface area contributed by atoms with Gasteiger partial charge in [0.1, 0.15) is 5.69 Å². The average Bonchev–Trinajstić information content (AvgIpc) is 3.09. The number of H-pyrrole nitrogens is 1. The zero-order chi connectivity index (χ0) is 16.2. The summed E-state index contributed by atoms with van der Waals surface area (Å²) in [6, 6.07) is 8.02. The third-order valence-electron chi connectivity index (χ3n) is 3.93. The topological polar surface area (TPSA) is 64.3 Å². The van der Waals surface area contributed by atoms with E-state index in [1.807, 2.05) is 29.3 Å². The Hall–Kier alpha value is -2.50. The SMILES string of the molecule is CC(C)Nc1cccnc1N1CCN(C(=O)c2ccc[nH]2)CC1. The van der Waals surface area contributed by atoms with Crippen LogP contribution in [0.25, 0.3) is 0 Å². The average molecular weight is 313 g/mol. The third-order valence-corrected chi connectivity index (χ3v) is 3.93. The van der Waals surface area contributed by atoms with E-state index >= 15 is 0 Å². The van der Waals surface area contributed by atoms with Gasteiger partial charge in [0, 0.05) is 44.6 Å². The second-order valence-electron chi connectivity index (χ2n) is 6.04. The Labute approximate surface area is 136 Å². The highest BCUT2D eigenvalue weighted by molar-refractivity contribution is 5.92. The molecule has 23 heavy (non-hydrogen) atoms. The summed E-state index contributed by atoms with van der Waals surface area (Å²) in [6.45, 7) is 7.21. The molecule has 2 N–H and O–H groups in total. The Bertz CT molecular complexity index is 645. The number of rotatable bonds is 4. The van der Waals surface area contributed by atoms with Crippen LogP contribution >= 0.6 is 0 Å². The molecule has 6 nitrogen and oxygen atoms in total. The molecule has 0 aromatic carbocycles. The highest BCUT2D eigenvalue weighted by Crippen LogP contribution is 2.24. The lowest BCUT2D eigenvalue weighted by atomic mass is 10.2. The van der Waals surface area contributed by atoms with Crippen molar-refractivity contribution in [3.63, 3.8) is 0 Å². The van der Waals surface area contributed by atoms with Gasteiger partial charge in [-0.05, 0) is 38.1 Å². The number of amides is 1. The second kappa shape index (κ2) is 6.73. The normalized spacial score (nSPS) is 15.1. The van der Waals surface area contributed by atoms with Gasteiger partial charge in [0.05, 0.1) is 5.69 Å². The summed E-state index contributed by atoms with van der Waals surface area (Å²) in [4.78, 5) is 24.0. The molecule has 0 aliphatic carbocycles. The number of piperazine rings is 1. The lowest BCUT2D eigenvalue weighted by Crippen LogP contribution is -2.49. The van der Waals surface area contributed by atoms with Crippen molar-refractivity contribution in [2.24, 2.45) is 0 Å². The molecule has 0 saturated carbocycles. The predicted molar refractivity (Wildman–Crippen MR) is 91.9 cm³/mol. The van der Waals surface area contributed by atoms with Gasteiger partial charge in [-0.3, -0.25) is 4.79 Å². The van der Waals surface area contributed by atoms with Crippen LogP contribution < -0.4 is 10.2 Å². The van der Waals surface area contributed by atoms with Crippen LogP contribution in [0.4, 0.5) is 11.5 Å². The van der Waals surface area contributed by atoms with Crippen LogP contribution in [-0.4, -0.2) is 53.0 Å². The van der Waals surface area contributed by atoms with E-state index in [4.69, 9.17) is 0 Å². The summed E-state index contributed by atoms with van der Waals surface area (Å²) in [5, 5.41) is 3.44. The first kappa shape index (κ1) is 15.4. The lowest BCUT2D eigenvalue weighted by molar-refractivity contribution is 0.0741. The van der Waals surface area contributed by atoms with E-state index in [9.17, 15) is 4.79 Å². The summed E-state index contributed by atoms with van der Waals surface area (Å²) >= 11 is 0. The van der Waals surface area contributed by atoms with Crippen molar-refractivity contribution in [3.8, 4) is 0 Å². The molecule has 1 saturated heterocycles. The molecular formula is C17H23N5O. The molecule has 1 amide bonds. The highest BCUT2D eigenvalue weighted by atomic mass is 16.2. The summed E-state index contributed by atoms with van der Waals surface area (Å²) in [5.74, 6) is 1.03. The van der Waals surface area contributed by atoms with E-state index in [-0.39, 0.29) is 5.91 Å². The maximum atomic E-state index is 12.4. The van der Waals surface area contributed by atoms with Crippen molar-refractivity contribution in [3.05, 3.63) is 42.4 Å². The Morgan fingerprint density at radius 3 is 2.65 bits per heavy atom. The van der Waals surface area contributed by atoms with Gasteiger partial charge in [-0.15, -0.1) is 0 Å². The van der Waals surface area contributed by atoms with Crippen molar-refractivity contribution in [1.29, 1.82) is 0 Å². The van der Waals surface area contributed by atoms with Crippen LogP contribution in [-0.2, 0) is 0 Å². The maximum Gasteiger partial charge on any atom is 0.270 e. The number of nitrogens with one attached hydrogen (secondary N) is 2. The van der Waals surface area contributed by atoms with Gasteiger partial charge in [0.2, 0.25) is 0 Å². The van der Waals surface area contributed by atoms with Crippen LogP contribution in [0.5, 0.6) is 0 Å². The largest absolute Gasteiger partial charge is 0.380 e. The molecule has 122 valence electrons. The van der Waals surface area contributed by atoms with Gasteiger partial charge in [-0.25, -0.2) is 4.98 Å². The van der Waals surface area contributed by atoms with Crippen LogP contribution in [0.15, 0.2) is 36.7 Å². The number of carbonyl (C=O) groups excluding carboxylic acids is 1. The van der Waals surface area contributed by atoms with Crippen molar-refractivity contribution >= 4 is 17.4 Å². The fourth-order valence-corrected chi connectivity index (χ4v) is 2.83. The molecule has 0 spiro atoms. The first-order valence-corrected chi connectivity index (χ1v) is 8.04. The maximum absolute atomic E-state index is 12.4. The fourth-order valence-electron chi connectivity index (χ4n) is 2.83. The van der Waals surface area contributed by atoms with Gasteiger partial charge in [0.15, 0.2) is 5.82 Å². The summed E-state index contributed by atoms with van der Waals surface area (Å²) < 4.78 is 0. The van der Waals surface area contributed by atoms with E-state index in [0.717, 1.165) is 24.6 Å². The Morgan fingerprint density at radius 1 is 1.22 bits per heavy atom. The van der Waals surface area contributed by atoms with Crippen molar-refractivity contribution in [1.82, 2.24) is 14.9 Å². The van der Waals surface area contributed by atoms with Gasteiger partial charge >= 0.3 is 0 Å². The van der Waals surface area contributed by atoms with Gasteiger partial charge in [-0.2, -0.15) is 0 Å². The van der Waals surface area contributed by atoms with Gasteiger partial charge in [-0.1, -0.05) is 0 Å². The predicted octanol–water partition coefficient (Wildman–Crippen LogP) is 2.19. The second-order valence-corrected chi connectivity index (χ2v) is 6.04. The molecular weight excluding hydrogens is 290 g/mol. The molecule has 3 rings (SSSR count). The number of carbonyl (C=O) groups is 1. The molecule has 2 aromatic heterocycles. The number of anilines is 2. The van der Waals surface area contributed by atoms with Gasteiger partial charge in [0.25, 0.3) is 5.91 Å². The van der Waals surface area contributed by atoms with Crippen LogP contribution in [0.2, 0.25) is 0 Å².